The summed E-state index contributed by atoms with van der Waals surface area (Å²) < 4.78 is 0. The molecule has 0 fully saturated rings. The van der Waals surface area contributed by atoms with E-state index in [1.807, 2.05) is 0 Å². The Morgan fingerprint density at radius 3 is 2.40 bits per heavy atom. The van der Waals surface area contributed by atoms with Crippen molar-refractivity contribution in [2.24, 2.45) is 0 Å². The Balaban J connectivity index is 3.14. The Kier molecular flexibility index (Phi) is 3.33. The first-order valence-electron chi connectivity index (χ1n) is 5.41. The smallest absolute Gasteiger partial charge is 0.130 e. The molecule has 0 saturated carbocycles. The molecule has 1 aromatic carbocycles. The van der Waals surface area contributed by atoms with E-state index in [0.29, 0.717) is 6.42 Å². The Bertz CT molecular complexity index is 375. The van der Waals surface area contributed by atoms with Crippen LogP contribution in [0, 0.1) is 13.8 Å². The van der Waals surface area contributed by atoms with E-state index < -0.39 is 0 Å². The molecule has 1 heteroatoms. The minimum Gasteiger partial charge on any atom is -0.300 e. The molecule has 0 aliphatic rings. The van der Waals surface area contributed by atoms with Gasteiger partial charge in [0.2, 0.25) is 0 Å². The fourth-order valence-corrected chi connectivity index (χ4v) is 2.20. The van der Waals surface area contributed by atoms with Crippen LogP contribution in [0.25, 0.3) is 0 Å². The zero-order valence-corrected chi connectivity index (χ0v) is 10.3. The van der Waals surface area contributed by atoms with Crippen molar-refractivity contribution in [2.75, 3.05) is 0 Å². The maximum Gasteiger partial charge on any atom is 0.130 e. The second-order valence-electron chi connectivity index (χ2n) is 5.01. The number of Topliss-reactive ketones (excluding diaryl/α,β-unsaturated/α-hetero) is 1. The number of carbonyl (C=O) groups excluding carboxylic acids is 1. The van der Waals surface area contributed by atoms with Gasteiger partial charge in [-0.05, 0) is 42.9 Å². The molecule has 0 saturated heterocycles. The van der Waals surface area contributed by atoms with Gasteiger partial charge in [-0.2, -0.15) is 0 Å². The summed E-state index contributed by atoms with van der Waals surface area (Å²) in [4.78, 5) is 11.2. The van der Waals surface area contributed by atoms with E-state index in [2.05, 4.69) is 45.9 Å². The lowest BCUT2D eigenvalue weighted by Crippen LogP contribution is -2.22. The average molecular weight is 204 g/mol. The summed E-state index contributed by atoms with van der Waals surface area (Å²) in [6, 6.07) is 6.31. The summed E-state index contributed by atoms with van der Waals surface area (Å²) in [5.41, 5.74) is 3.84. The normalized spacial score (nSPS) is 11.5. The lowest BCUT2D eigenvalue weighted by molar-refractivity contribution is -0.118. The van der Waals surface area contributed by atoms with E-state index in [9.17, 15) is 4.79 Å². The van der Waals surface area contributed by atoms with Crippen LogP contribution in [0.15, 0.2) is 18.2 Å². The number of aryl methyl sites for hydroxylation is 1. The maximum atomic E-state index is 11.2. The summed E-state index contributed by atoms with van der Waals surface area (Å²) in [5, 5.41) is 0. The fourth-order valence-electron chi connectivity index (χ4n) is 2.20. The summed E-state index contributed by atoms with van der Waals surface area (Å²) in [5.74, 6) is 0.251. The van der Waals surface area contributed by atoms with E-state index in [-0.39, 0.29) is 11.2 Å². The fraction of sp³-hybridized carbons (Fsp3) is 0.500. The molecule has 0 radical (unpaired) electrons. The van der Waals surface area contributed by atoms with Crippen molar-refractivity contribution in [3.63, 3.8) is 0 Å². The van der Waals surface area contributed by atoms with Gasteiger partial charge in [-0.15, -0.1) is 0 Å². The number of rotatable bonds is 3. The molecule has 0 aromatic heterocycles. The first-order valence-corrected chi connectivity index (χ1v) is 5.41. The number of benzene rings is 1. The molecule has 1 nitrogen and oxygen atoms in total. The summed E-state index contributed by atoms with van der Waals surface area (Å²) in [6.45, 7) is 10.2. The van der Waals surface area contributed by atoms with Gasteiger partial charge in [0.25, 0.3) is 0 Å². The largest absolute Gasteiger partial charge is 0.300 e. The van der Waals surface area contributed by atoms with Crippen molar-refractivity contribution < 1.29 is 4.79 Å². The Morgan fingerprint density at radius 2 is 1.87 bits per heavy atom. The molecule has 0 bridgehead atoms. The minimum absolute atomic E-state index is 0.0536. The molecule has 0 N–H and O–H groups in total. The summed E-state index contributed by atoms with van der Waals surface area (Å²) >= 11 is 0. The number of carbonyl (C=O) groups is 1. The molecule has 0 unspecified atom stereocenters. The average Bonchev–Trinajstić information content (AvgIpc) is 2.07. The van der Waals surface area contributed by atoms with E-state index >= 15 is 0 Å². The molecule has 0 amide bonds. The molecule has 0 spiro atoms. The molecular formula is C14H20O. The van der Waals surface area contributed by atoms with Gasteiger partial charge in [-0.1, -0.05) is 32.0 Å². The predicted molar refractivity (Wildman–Crippen MR) is 64.2 cm³/mol. The summed E-state index contributed by atoms with van der Waals surface area (Å²) in [7, 11) is 0. The highest BCUT2D eigenvalue weighted by molar-refractivity contribution is 5.77. The Morgan fingerprint density at radius 1 is 1.27 bits per heavy atom. The third-order valence-corrected chi connectivity index (χ3v) is 3.02. The van der Waals surface area contributed by atoms with E-state index in [1.165, 1.54) is 16.7 Å². The van der Waals surface area contributed by atoms with Gasteiger partial charge in [0, 0.05) is 6.42 Å². The van der Waals surface area contributed by atoms with Crippen LogP contribution in [0.1, 0.15) is 43.9 Å². The van der Waals surface area contributed by atoms with Gasteiger partial charge in [0.15, 0.2) is 0 Å². The van der Waals surface area contributed by atoms with Crippen molar-refractivity contribution in [1.29, 1.82) is 0 Å². The lowest BCUT2D eigenvalue weighted by atomic mass is 9.77. The number of hydrogen-bond acceptors (Lipinski definition) is 1. The van der Waals surface area contributed by atoms with Crippen molar-refractivity contribution >= 4 is 5.78 Å². The molecule has 0 aliphatic carbocycles. The van der Waals surface area contributed by atoms with Crippen LogP contribution in [-0.4, -0.2) is 5.78 Å². The topological polar surface area (TPSA) is 17.1 Å². The SMILES string of the molecule is CC(=O)CC(C)(C)c1cccc(C)c1C. The molecule has 0 aliphatic heterocycles. The van der Waals surface area contributed by atoms with Gasteiger partial charge in [-0.3, -0.25) is 4.79 Å². The molecule has 1 aromatic rings. The zero-order chi connectivity index (χ0) is 11.6. The Labute approximate surface area is 92.5 Å². The Hall–Kier alpha value is -1.11. The molecule has 15 heavy (non-hydrogen) atoms. The molecule has 0 atom stereocenters. The van der Waals surface area contributed by atoms with Crippen LogP contribution in [-0.2, 0) is 10.2 Å². The molecule has 1 rings (SSSR count). The van der Waals surface area contributed by atoms with Crippen LogP contribution in [0.3, 0.4) is 0 Å². The van der Waals surface area contributed by atoms with Gasteiger partial charge < -0.3 is 0 Å². The standard InChI is InChI=1S/C14H20O/c1-10-7-6-8-13(12(10)3)14(4,5)9-11(2)15/h6-8H,9H2,1-5H3. The van der Waals surface area contributed by atoms with Crippen LogP contribution in [0.4, 0.5) is 0 Å². The quantitative estimate of drug-likeness (QED) is 0.735. The van der Waals surface area contributed by atoms with Crippen LogP contribution in [0.5, 0.6) is 0 Å². The van der Waals surface area contributed by atoms with Crippen LogP contribution < -0.4 is 0 Å². The van der Waals surface area contributed by atoms with E-state index in [0.717, 1.165) is 0 Å². The van der Waals surface area contributed by atoms with Gasteiger partial charge >= 0.3 is 0 Å². The van der Waals surface area contributed by atoms with Crippen molar-refractivity contribution in [3.05, 3.63) is 34.9 Å². The first kappa shape index (κ1) is 12.0. The maximum absolute atomic E-state index is 11.2. The molecule has 0 heterocycles. The van der Waals surface area contributed by atoms with Crippen molar-refractivity contribution in [3.8, 4) is 0 Å². The monoisotopic (exact) mass is 204 g/mol. The number of hydrogen-bond donors (Lipinski definition) is 0. The lowest BCUT2D eigenvalue weighted by Gasteiger charge is -2.26. The minimum atomic E-state index is -0.0536. The zero-order valence-electron chi connectivity index (χ0n) is 10.3. The van der Waals surface area contributed by atoms with E-state index in [4.69, 9.17) is 0 Å². The highest BCUT2D eigenvalue weighted by Gasteiger charge is 2.24. The van der Waals surface area contributed by atoms with Crippen LogP contribution >= 0.6 is 0 Å². The highest BCUT2D eigenvalue weighted by Crippen LogP contribution is 2.30. The first-order chi connectivity index (χ1) is 6.84. The van der Waals surface area contributed by atoms with Gasteiger partial charge in [-0.25, -0.2) is 0 Å². The van der Waals surface area contributed by atoms with Gasteiger partial charge in [0.1, 0.15) is 5.78 Å². The molecule has 82 valence electrons. The second kappa shape index (κ2) is 4.18. The van der Waals surface area contributed by atoms with Crippen molar-refractivity contribution in [2.45, 2.75) is 46.5 Å². The second-order valence-corrected chi connectivity index (χ2v) is 5.01. The van der Waals surface area contributed by atoms with Gasteiger partial charge in [0.05, 0.1) is 0 Å². The van der Waals surface area contributed by atoms with Crippen molar-refractivity contribution in [1.82, 2.24) is 0 Å². The highest BCUT2D eigenvalue weighted by atomic mass is 16.1. The van der Waals surface area contributed by atoms with E-state index in [1.54, 1.807) is 6.92 Å². The molecular weight excluding hydrogens is 184 g/mol. The van der Waals surface area contributed by atoms with Crippen LogP contribution in [0.2, 0.25) is 0 Å². The third kappa shape index (κ3) is 2.68. The number of ketones is 1. The predicted octanol–water partition coefficient (Wildman–Crippen LogP) is 3.56. The summed E-state index contributed by atoms with van der Waals surface area (Å²) in [6.07, 6.45) is 0.608. The third-order valence-electron chi connectivity index (χ3n) is 3.02.